The average Bonchev–Trinajstić information content (AvgIpc) is 3.62. The van der Waals surface area contributed by atoms with Crippen LogP contribution >= 0.6 is 0 Å². The molecule has 1 saturated carbocycles. The number of piperazine rings is 1. The fourth-order valence-electron chi connectivity index (χ4n) is 4.08. The van der Waals surface area contributed by atoms with Crippen molar-refractivity contribution >= 4 is 29.4 Å². The van der Waals surface area contributed by atoms with E-state index in [1.165, 1.54) is 0 Å². The number of benzene rings is 1. The van der Waals surface area contributed by atoms with Crippen LogP contribution in [0.1, 0.15) is 42.9 Å². The van der Waals surface area contributed by atoms with Crippen LogP contribution < -0.4 is 10.6 Å². The van der Waals surface area contributed by atoms with Gasteiger partial charge in [-0.3, -0.25) is 14.7 Å². The number of hydrogen-bond donors (Lipinski definition) is 3. The van der Waals surface area contributed by atoms with Crippen molar-refractivity contribution in [1.29, 1.82) is 0 Å². The number of likely N-dealkylation sites (N-methyl/N-ethyl adjacent to an activating group) is 1. The van der Waals surface area contributed by atoms with Crippen LogP contribution in [-0.2, 0) is 9.59 Å². The zero-order valence-corrected chi connectivity index (χ0v) is 21.2. The van der Waals surface area contributed by atoms with Crippen molar-refractivity contribution in [1.82, 2.24) is 24.9 Å². The molecule has 2 heterocycles. The SMILES string of the molecule is CC(C(=O)Nc1cc(C2CC2)[nH]n1)c1cccc(NC(=O)N2CCN(C(=O)/C=C/CN(C)C)CC2)c1. The molecule has 1 atom stereocenters. The van der Waals surface area contributed by atoms with E-state index in [0.717, 1.165) is 24.1 Å². The van der Waals surface area contributed by atoms with Crippen molar-refractivity contribution in [3.63, 3.8) is 0 Å². The number of hydrogen-bond acceptors (Lipinski definition) is 5. The second kappa shape index (κ2) is 11.4. The van der Waals surface area contributed by atoms with Gasteiger partial charge >= 0.3 is 6.03 Å². The summed E-state index contributed by atoms with van der Waals surface area (Å²) < 4.78 is 0. The number of aromatic nitrogens is 2. The minimum absolute atomic E-state index is 0.0320. The van der Waals surface area contributed by atoms with Crippen LogP contribution in [0.4, 0.5) is 16.3 Å². The predicted octanol–water partition coefficient (Wildman–Crippen LogP) is 2.82. The molecule has 36 heavy (non-hydrogen) atoms. The van der Waals surface area contributed by atoms with Gasteiger partial charge in [0, 0.05) is 62.2 Å². The Hall–Kier alpha value is -3.66. The molecule has 0 spiro atoms. The molecule has 1 aliphatic carbocycles. The summed E-state index contributed by atoms with van der Waals surface area (Å²) in [5.74, 6) is 0.458. The second-order valence-corrected chi connectivity index (χ2v) is 9.73. The van der Waals surface area contributed by atoms with E-state index >= 15 is 0 Å². The Morgan fingerprint density at radius 3 is 2.53 bits per heavy atom. The third-order valence-corrected chi connectivity index (χ3v) is 6.51. The minimum atomic E-state index is -0.418. The molecule has 4 rings (SSSR count). The highest BCUT2D eigenvalue weighted by atomic mass is 16.2. The number of amides is 4. The van der Waals surface area contributed by atoms with Crippen molar-refractivity contribution in [3.8, 4) is 0 Å². The molecule has 3 N–H and O–H groups in total. The first kappa shape index (κ1) is 25.4. The summed E-state index contributed by atoms with van der Waals surface area (Å²) in [5.41, 5.74) is 2.48. The maximum Gasteiger partial charge on any atom is 0.321 e. The van der Waals surface area contributed by atoms with Gasteiger partial charge in [-0.1, -0.05) is 18.2 Å². The van der Waals surface area contributed by atoms with Crippen LogP contribution in [-0.4, -0.2) is 89.6 Å². The van der Waals surface area contributed by atoms with E-state index in [0.29, 0.717) is 50.1 Å². The Morgan fingerprint density at radius 2 is 1.83 bits per heavy atom. The molecular weight excluding hydrogens is 458 g/mol. The van der Waals surface area contributed by atoms with E-state index in [9.17, 15) is 14.4 Å². The second-order valence-electron chi connectivity index (χ2n) is 9.73. The van der Waals surface area contributed by atoms with Gasteiger partial charge in [0.25, 0.3) is 0 Å². The third-order valence-electron chi connectivity index (χ3n) is 6.51. The molecule has 192 valence electrons. The van der Waals surface area contributed by atoms with Gasteiger partial charge in [-0.15, -0.1) is 0 Å². The standard InChI is InChI=1S/C26H35N7O3/c1-18(25(35)28-23-17-22(29-30-23)19-9-10-19)20-6-4-7-21(16-20)27-26(36)33-14-12-32(13-15-33)24(34)8-5-11-31(2)3/h4-8,16-19H,9-15H2,1-3H3,(H,27,36)(H2,28,29,30,35)/b8-5+. The molecule has 1 aromatic heterocycles. The summed E-state index contributed by atoms with van der Waals surface area (Å²) >= 11 is 0. The van der Waals surface area contributed by atoms with Crippen molar-refractivity contribution in [3.05, 3.63) is 53.7 Å². The number of nitrogens with zero attached hydrogens (tertiary/aromatic N) is 4. The molecule has 1 unspecified atom stereocenters. The third kappa shape index (κ3) is 6.72. The minimum Gasteiger partial charge on any atom is -0.336 e. The lowest BCUT2D eigenvalue weighted by atomic mass is 10.00. The summed E-state index contributed by atoms with van der Waals surface area (Å²) in [7, 11) is 3.89. The van der Waals surface area contributed by atoms with E-state index in [1.54, 1.807) is 21.9 Å². The molecule has 1 saturated heterocycles. The lowest BCUT2D eigenvalue weighted by Crippen LogP contribution is -2.51. The smallest absolute Gasteiger partial charge is 0.321 e. The van der Waals surface area contributed by atoms with Gasteiger partial charge in [-0.25, -0.2) is 4.79 Å². The molecule has 2 fully saturated rings. The molecular formula is C26H35N7O3. The fourth-order valence-corrected chi connectivity index (χ4v) is 4.08. The molecule has 2 aliphatic rings. The predicted molar refractivity (Wildman–Crippen MR) is 139 cm³/mol. The largest absolute Gasteiger partial charge is 0.336 e. The quantitative estimate of drug-likeness (QED) is 0.490. The van der Waals surface area contributed by atoms with Crippen LogP contribution in [0.2, 0.25) is 0 Å². The molecule has 2 aromatic rings. The van der Waals surface area contributed by atoms with E-state index in [1.807, 2.05) is 56.3 Å². The van der Waals surface area contributed by atoms with E-state index in [4.69, 9.17) is 0 Å². The molecule has 10 heteroatoms. The molecule has 4 amide bonds. The van der Waals surface area contributed by atoms with Crippen LogP contribution in [0.15, 0.2) is 42.5 Å². The number of anilines is 2. The molecule has 10 nitrogen and oxygen atoms in total. The monoisotopic (exact) mass is 493 g/mol. The lowest BCUT2D eigenvalue weighted by molar-refractivity contribution is -0.127. The molecule has 0 bridgehead atoms. The van der Waals surface area contributed by atoms with Crippen molar-refractivity contribution in [2.75, 3.05) is 57.5 Å². The summed E-state index contributed by atoms with van der Waals surface area (Å²) in [6.45, 7) is 4.44. The van der Waals surface area contributed by atoms with Crippen molar-refractivity contribution in [2.45, 2.75) is 31.6 Å². The maximum absolute atomic E-state index is 12.8. The van der Waals surface area contributed by atoms with Crippen LogP contribution in [0.3, 0.4) is 0 Å². The van der Waals surface area contributed by atoms with Gasteiger partial charge in [0.15, 0.2) is 5.82 Å². The van der Waals surface area contributed by atoms with E-state index < -0.39 is 5.92 Å². The highest BCUT2D eigenvalue weighted by Gasteiger charge is 2.26. The first-order chi connectivity index (χ1) is 17.3. The normalized spacial score (nSPS) is 16.9. The van der Waals surface area contributed by atoms with Gasteiger partial charge in [0.05, 0.1) is 5.92 Å². The summed E-state index contributed by atoms with van der Waals surface area (Å²) in [6, 6.07) is 8.99. The average molecular weight is 494 g/mol. The van der Waals surface area contributed by atoms with E-state index in [2.05, 4.69) is 20.8 Å². The Kier molecular flexibility index (Phi) is 8.04. The number of rotatable bonds is 8. The fraction of sp³-hybridized carbons (Fsp3) is 0.462. The number of nitrogens with one attached hydrogen (secondary N) is 3. The van der Waals surface area contributed by atoms with Crippen molar-refractivity contribution in [2.24, 2.45) is 0 Å². The Morgan fingerprint density at radius 1 is 1.11 bits per heavy atom. The lowest BCUT2D eigenvalue weighted by Gasteiger charge is -2.34. The number of urea groups is 1. The Balaban J connectivity index is 1.27. The van der Waals surface area contributed by atoms with Crippen LogP contribution in [0.25, 0.3) is 0 Å². The number of carbonyl (C=O) groups excluding carboxylic acids is 3. The number of carbonyl (C=O) groups is 3. The zero-order chi connectivity index (χ0) is 25.7. The Bertz CT molecular complexity index is 1110. The molecule has 1 aliphatic heterocycles. The van der Waals surface area contributed by atoms with Crippen molar-refractivity contribution < 1.29 is 14.4 Å². The first-order valence-corrected chi connectivity index (χ1v) is 12.4. The highest BCUT2D eigenvalue weighted by molar-refractivity contribution is 5.95. The van der Waals surface area contributed by atoms with Gasteiger partial charge in [-0.05, 0) is 51.6 Å². The van der Waals surface area contributed by atoms with Gasteiger partial charge in [0.2, 0.25) is 11.8 Å². The van der Waals surface area contributed by atoms with Gasteiger partial charge in [0.1, 0.15) is 0 Å². The van der Waals surface area contributed by atoms with Gasteiger partial charge in [-0.2, -0.15) is 5.10 Å². The number of H-pyrrole nitrogens is 1. The van der Waals surface area contributed by atoms with E-state index in [-0.39, 0.29) is 17.8 Å². The summed E-state index contributed by atoms with van der Waals surface area (Å²) in [5, 5.41) is 13.0. The van der Waals surface area contributed by atoms with Crippen LogP contribution in [0.5, 0.6) is 0 Å². The topological polar surface area (TPSA) is 114 Å². The Labute approximate surface area is 211 Å². The van der Waals surface area contributed by atoms with Crippen LogP contribution in [0, 0.1) is 0 Å². The zero-order valence-electron chi connectivity index (χ0n) is 21.2. The highest BCUT2D eigenvalue weighted by Crippen LogP contribution is 2.39. The number of aromatic amines is 1. The first-order valence-electron chi connectivity index (χ1n) is 12.4. The molecule has 1 aromatic carbocycles. The summed E-state index contributed by atoms with van der Waals surface area (Å²) in [6.07, 6.45) is 5.76. The van der Waals surface area contributed by atoms with Gasteiger partial charge < -0.3 is 25.3 Å². The molecule has 0 radical (unpaired) electrons. The summed E-state index contributed by atoms with van der Waals surface area (Å²) in [4.78, 5) is 43.3. The maximum atomic E-state index is 12.8.